The molecule has 2 aromatic carbocycles. The number of thiocarbonyl (C=S) groups is 1. The molecule has 3 aromatic rings. The summed E-state index contributed by atoms with van der Waals surface area (Å²) < 4.78 is 27.0. The number of nitrogens with one attached hydrogen (secondary N) is 2. The van der Waals surface area contributed by atoms with Crippen LogP contribution in [-0.2, 0) is 11.3 Å². The molecule has 0 unspecified atom stereocenters. The van der Waals surface area contributed by atoms with Crippen molar-refractivity contribution >= 4 is 40.3 Å². The molecule has 0 atom stereocenters. The number of amides is 1. The Hall–Kier alpha value is -3.33. The van der Waals surface area contributed by atoms with Gasteiger partial charge in [0.05, 0.1) is 23.9 Å². The largest absolute Gasteiger partial charge is 0.503 e. The number of nitrogens with zero attached hydrogens (tertiary/aromatic N) is 2. The van der Waals surface area contributed by atoms with Crippen LogP contribution in [0.5, 0.6) is 5.75 Å². The maximum Gasteiger partial charge on any atom is 0.276 e. The van der Waals surface area contributed by atoms with Gasteiger partial charge in [-0.2, -0.15) is 0 Å². The van der Waals surface area contributed by atoms with Crippen molar-refractivity contribution in [3.63, 3.8) is 0 Å². The van der Waals surface area contributed by atoms with Gasteiger partial charge < -0.3 is 15.4 Å². The van der Waals surface area contributed by atoms with Gasteiger partial charge in [-0.25, -0.2) is 13.8 Å². The number of aromatic amines is 1. The Bertz CT molecular complexity index is 1100. The SMILES string of the molecule is O=C1/C(=C/c2cc(F)c(O)c(F)c2)NC(=S)N1Cc1cccc2[nH]cnc12. The van der Waals surface area contributed by atoms with Gasteiger partial charge in [0.25, 0.3) is 5.91 Å². The van der Waals surface area contributed by atoms with E-state index < -0.39 is 23.3 Å². The first-order valence-electron chi connectivity index (χ1n) is 7.87. The number of H-pyrrole nitrogens is 1. The van der Waals surface area contributed by atoms with E-state index in [1.54, 1.807) is 6.33 Å². The van der Waals surface area contributed by atoms with E-state index in [0.717, 1.165) is 28.7 Å². The summed E-state index contributed by atoms with van der Waals surface area (Å²) in [6.45, 7) is 0.197. The maximum atomic E-state index is 13.5. The molecule has 1 amide bonds. The molecule has 0 saturated carbocycles. The third-order valence-electron chi connectivity index (χ3n) is 4.17. The second-order valence-electron chi connectivity index (χ2n) is 5.93. The van der Waals surface area contributed by atoms with Crippen molar-refractivity contribution in [3.8, 4) is 5.75 Å². The highest BCUT2D eigenvalue weighted by molar-refractivity contribution is 7.80. The Kier molecular flexibility index (Phi) is 4.08. The molecule has 1 saturated heterocycles. The number of aromatic hydroxyl groups is 1. The number of fused-ring (bicyclic) bond motifs is 1. The number of benzene rings is 2. The van der Waals surface area contributed by atoms with Crippen LogP contribution in [0.15, 0.2) is 42.4 Å². The van der Waals surface area contributed by atoms with Crippen molar-refractivity contribution in [1.29, 1.82) is 0 Å². The Morgan fingerprint density at radius 1 is 1.26 bits per heavy atom. The van der Waals surface area contributed by atoms with Crippen molar-refractivity contribution in [1.82, 2.24) is 20.2 Å². The highest BCUT2D eigenvalue weighted by Gasteiger charge is 2.31. The van der Waals surface area contributed by atoms with Crippen LogP contribution in [0, 0.1) is 11.6 Å². The molecule has 0 spiro atoms. The molecule has 1 aromatic heterocycles. The number of rotatable bonds is 3. The number of phenols is 1. The van der Waals surface area contributed by atoms with Crippen LogP contribution in [0.1, 0.15) is 11.1 Å². The highest BCUT2D eigenvalue weighted by atomic mass is 32.1. The van der Waals surface area contributed by atoms with Gasteiger partial charge in [0, 0.05) is 0 Å². The second kappa shape index (κ2) is 6.44. The molecule has 6 nitrogen and oxygen atoms in total. The minimum Gasteiger partial charge on any atom is -0.503 e. The summed E-state index contributed by atoms with van der Waals surface area (Å²) >= 11 is 5.22. The second-order valence-corrected chi connectivity index (χ2v) is 6.32. The lowest BCUT2D eigenvalue weighted by Gasteiger charge is -2.14. The molecule has 27 heavy (non-hydrogen) atoms. The van der Waals surface area contributed by atoms with Crippen molar-refractivity contribution in [2.75, 3.05) is 0 Å². The fraction of sp³-hybridized carbons (Fsp3) is 0.0556. The highest BCUT2D eigenvalue weighted by Crippen LogP contribution is 2.24. The van der Waals surface area contributed by atoms with Crippen LogP contribution < -0.4 is 5.32 Å². The van der Waals surface area contributed by atoms with Crippen molar-refractivity contribution in [3.05, 3.63) is 65.1 Å². The third-order valence-corrected chi connectivity index (χ3v) is 4.50. The smallest absolute Gasteiger partial charge is 0.276 e. The van der Waals surface area contributed by atoms with Crippen LogP contribution in [0.3, 0.4) is 0 Å². The van der Waals surface area contributed by atoms with Gasteiger partial charge in [-0.05, 0) is 47.6 Å². The van der Waals surface area contributed by atoms with Crippen molar-refractivity contribution in [2.24, 2.45) is 0 Å². The molecule has 1 aliphatic heterocycles. The molecule has 9 heteroatoms. The number of hydrogen-bond donors (Lipinski definition) is 3. The first-order chi connectivity index (χ1) is 12.9. The van der Waals surface area contributed by atoms with Gasteiger partial charge in [0.2, 0.25) is 0 Å². The number of halogens is 2. The minimum atomic E-state index is -1.11. The zero-order valence-electron chi connectivity index (χ0n) is 13.7. The minimum absolute atomic E-state index is 0.0812. The van der Waals surface area contributed by atoms with Crippen LogP contribution in [0.2, 0.25) is 0 Å². The summed E-state index contributed by atoms with van der Waals surface area (Å²) in [6.07, 6.45) is 2.84. The van der Waals surface area contributed by atoms with E-state index in [0.29, 0.717) is 0 Å². The van der Waals surface area contributed by atoms with E-state index in [-0.39, 0.29) is 22.9 Å². The number of carbonyl (C=O) groups is 1. The lowest BCUT2D eigenvalue weighted by Crippen LogP contribution is -2.30. The molecule has 3 N–H and O–H groups in total. The lowest BCUT2D eigenvalue weighted by molar-refractivity contribution is -0.122. The van der Waals surface area contributed by atoms with Crippen molar-refractivity contribution < 1.29 is 18.7 Å². The van der Waals surface area contributed by atoms with E-state index >= 15 is 0 Å². The summed E-state index contributed by atoms with van der Waals surface area (Å²) in [5.41, 5.74) is 2.53. The molecule has 1 fully saturated rings. The van der Waals surface area contributed by atoms with Crippen LogP contribution in [0.25, 0.3) is 17.1 Å². The van der Waals surface area contributed by atoms with Crippen molar-refractivity contribution in [2.45, 2.75) is 6.54 Å². The number of para-hydroxylation sites is 1. The number of aromatic nitrogens is 2. The topological polar surface area (TPSA) is 81.2 Å². The zero-order valence-corrected chi connectivity index (χ0v) is 14.5. The standard InChI is InChI=1S/C18H12F2N4O2S/c19-11-4-9(5-12(20)16(11)25)6-14-17(26)24(18(27)23-14)7-10-2-1-3-13-15(10)22-8-21-13/h1-6,8,25H,7H2,(H,21,22)(H,23,27)/b14-6-. The fourth-order valence-corrected chi connectivity index (χ4v) is 3.13. The van der Waals surface area contributed by atoms with Gasteiger partial charge in [-0.15, -0.1) is 0 Å². The summed E-state index contributed by atoms with van der Waals surface area (Å²) in [7, 11) is 0. The molecule has 0 bridgehead atoms. The number of imidazole rings is 1. The number of hydrogen-bond acceptors (Lipinski definition) is 4. The maximum absolute atomic E-state index is 13.5. The first-order valence-corrected chi connectivity index (χ1v) is 8.28. The quantitative estimate of drug-likeness (QED) is 0.476. The summed E-state index contributed by atoms with van der Waals surface area (Å²) in [6, 6.07) is 7.40. The van der Waals surface area contributed by atoms with Crippen LogP contribution >= 0.6 is 12.2 Å². The summed E-state index contributed by atoms with van der Waals surface area (Å²) in [4.78, 5) is 21.3. The Balaban J connectivity index is 1.63. The van der Waals surface area contributed by atoms with Gasteiger partial charge in [0.15, 0.2) is 22.5 Å². The summed E-state index contributed by atoms with van der Waals surface area (Å²) in [5.74, 6) is -3.72. The molecule has 0 aliphatic carbocycles. The van der Waals surface area contributed by atoms with E-state index in [9.17, 15) is 13.6 Å². The van der Waals surface area contributed by atoms with Gasteiger partial charge in [0.1, 0.15) is 5.70 Å². The molecule has 0 radical (unpaired) electrons. The first kappa shape index (κ1) is 17.1. The lowest BCUT2D eigenvalue weighted by atomic mass is 10.1. The van der Waals surface area contributed by atoms with Gasteiger partial charge >= 0.3 is 0 Å². The molecule has 2 heterocycles. The molecular weight excluding hydrogens is 374 g/mol. The predicted octanol–water partition coefficient (Wildman–Crippen LogP) is 2.80. The number of phenolic OH excluding ortho intramolecular Hbond substituents is 1. The normalized spacial score (nSPS) is 15.8. The molecule has 136 valence electrons. The van der Waals surface area contributed by atoms with Crippen LogP contribution in [0.4, 0.5) is 8.78 Å². The average molecular weight is 386 g/mol. The van der Waals surface area contributed by atoms with E-state index in [1.807, 2.05) is 18.2 Å². The predicted molar refractivity (Wildman–Crippen MR) is 98.4 cm³/mol. The molecule has 1 aliphatic rings. The van der Waals surface area contributed by atoms with Gasteiger partial charge in [-0.3, -0.25) is 9.69 Å². The van der Waals surface area contributed by atoms with E-state index in [2.05, 4.69) is 15.3 Å². The van der Waals surface area contributed by atoms with E-state index in [4.69, 9.17) is 17.3 Å². The molecule has 4 rings (SSSR count). The van der Waals surface area contributed by atoms with Crippen LogP contribution in [-0.4, -0.2) is 31.0 Å². The Labute approximate surface area is 157 Å². The zero-order chi connectivity index (χ0) is 19.1. The Morgan fingerprint density at radius 3 is 2.74 bits per heavy atom. The third kappa shape index (κ3) is 3.02. The van der Waals surface area contributed by atoms with Gasteiger partial charge in [-0.1, -0.05) is 12.1 Å². The Morgan fingerprint density at radius 2 is 2.00 bits per heavy atom. The monoisotopic (exact) mass is 386 g/mol. The van der Waals surface area contributed by atoms with E-state index in [1.165, 1.54) is 11.0 Å². The summed E-state index contributed by atoms with van der Waals surface area (Å²) in [5, 5.41) is 12.1. The number of carbonyl (C=O) groups excluding carboxylic acids is 1. The molecular formula is C18H12F2N4O2S. The average Bonchev–Trinajstić information content (AvgIpc) is 3.21. The fourth-order valence-electron chi connectivity index (χ4n) is 2.87.